The Morgan fingerprint density at radius 3 is 1.83 bits per heavy atom. The van der Waals surface area contributed by atoms with E-state index < -0.39 is 0 Å². The summed E-state index contributed by atoms with van der Waals surface area (Å²) in [4.78, 5) is 0. The maximum absolute atomic E-state index is 10.7. The third kappa shape index (κ3) is 3.38. The van der Waals surface area contributed by atoms with Crippen LogP contribution in [0.25, 0.3) is 0 Å². The predicted molar refractivity (Wildman–Crippen MR) is 79.4 cm³/mol. The summed E-state index contributed by atoms with van der Waals surface area (Å²) in [7, 11) is 0. The van der Waals surface area contributed by atoms with Crippen LogP contribution in [0.3, 0.4) is 0 Å². The molecule has 0 heterocycles. The van der Waals surface area contributed by atoms with Gasteiger partial charge < -0.3 is 5.11 Å². The van der Waals surface area contributed by atoms with E-state index >= 15 is 0 Å². The van der Waals surface area contributed by atoms with E-state index in [1.165, 1.54) is 0 Å². The average molecular weight is 252 g/mol. The van der Waals surface area contributed by atoms with Gasteiger partial charge in [-0.2, -0.15) is 0 Å². The van der Waals surface area contributed by atoms with E-state index in [-0.39, 0.29) is 17.4 Å². The molecule has 1 rings (SSSR count). The number of aliphatic hydroxyl groups excluding tert-OH is 1. The molecule has 1 nitrogen and oxygen atoms in total. The number of hydrogen-bond acceptors (Lipinski definition) is 1. The van der Waals surface area contributed by atoms with Gasteiger partial charge in [-0.1, -0.05) is 53.7 Å². The lowest BCUT2D eigenvalue weighted by Crippen LogP contribution is -2.46. The zero-order valence-corrected chi connectivity index (χ0v) is 13.4. The lowest BCUT2D eigenvalue weighted by Gasteiger charge is -2.49. The van der Waals surface area contributed by atoms with Gasteiger partial charge in [0.15, 0.2) is 0 Å². The fourth-order valence-corrected chi connectivity index (χ4v) is 3.33. The van der Waals surface area contributed by atoms with Crippen LogP contribution in [0.4, 0.5) is 0 Å². The first-order valence-electron chi connectivity index (χ1n) is 7.28. The SMILES string of the molecule is C=C(C)C1CC(C(C)(C)C)CC(C(C)(C)C)C1O. The fourth-order valence-electron chi connectivity index (χ4n) is 3.33. The van der Waals surface area contributed by atoms with Crippen molar-refractivity contribution in [2.45, 2.75) is 67.4 Å². The van der Waals surface area contributed by atoms with E-state index in [2.05, 4.69) is 55.0 Å². The molecule has 1 aliphatic carbocycles. The second-order valence-electron chi connectivity index (χ2n) is 8.45. The van der Waals surface area contributed by atoms with Gasteiger partial charge in [-0.3, -0.25) is 0 Å². The molecule has 0 aromatic rings. The average Bonchev–Trinajstić information content (AvgIpc) is 2.13. The Kier molecular flexibility index (Phi) is 4.37. The predicted octanol–water partition coefficient (Wildman–Crippen LogP) is 4.66. The molecule has 1 N–H and O–H groups in total. The van der Waals surface area contributed by atoms with Crippen molar-refractivity contribution in [2.75, 3.05) is 0 Å². The van der Waals surface area contributed by atoms with Crippen molar-refractivity contribution in [3.63, 3.8) is 0 Å². The minimum Gasteiger partial charge on any atom is -0.392 e. The van der Waals surface area contributed by atoms with Crippen molar-refractivity contribution < 1.29 is 5.11 Å². The molecule has 0 aromatic heterocycles. The van der Waals surface area contributed by atoms with E-state index in [1.807, 2.05) is 0 Å². The number of aliphatic hydroxyl groups is 1. The maximum Gasteiger partial charge on any atom is 0.0638 e. The standard InChI is InChI=1S/C17H32O/c1-11(2)13-9-12(16(3,4)5)10-14(15(13)18)17(6,7)8/h12-15,18H,1,9-10H2,2-8H3. The molecule has 0 spiro atoms. The molecule has 0 saturated heterocycles. The van der Waals surface area contributed by atoms with Crippen molar-refractivity contribution in [1.82, 2.24) is 0 Å². The molecule has 0 radical (unpaired) electrons. The van der Waals surface area contributed by atoms with Crippen molar-refractivity contribution in [3.8, 4) is 0 Å². The Morgan fingerprint density at radius 1 is 1.00 bits per heavy atom. The molecule has 0 bridgehead atoms. The quantitative estimate of drug-likeness (QED) is 0.673. The molecule has 18 heavy (non-hydrogen) atoms. The zero-order chi connectivity index (χ0) is 14.3. The van der Waals surface area contributed by atoms with E-state index in [0.29, 0.717) is 17.3 Å². The summed E-state index contributed by atoms with van der Waals surface area (Å²) in [5.74, 6) is 1.32. The number of rotatable bonds is 1. The molecule has 106 valence electrons. The van der Waals surface area contributed by atoms with Crippen LogP contribution in [-0.2, 0) is 0 Å². The van der Waals surface area contributed by atoms with E-state index in [4.69, 9.17) is 0 Å². The molecule has 1 saturated carbocycles. The smallest absolute Gasteiger partial charge is 0.0638 e. The summed E-state index contributed by atoms with van der Waals surface area (Å²) in [6.45, 7) is 19.9. The molecule has 0 aliphatic heterocycles. The van der Waals surface area contributed by atoms with Crippen LogP contribution in [0.2, 0.25) is 0 Å². The third-order valence-electron chi connectivity index (χ3n) is 4.87. The normalized spacial score (nSPS) is 34.4. The highest BCUT2D eigenvalue weighted by Crippen LogP contribution is 2.49. The monoisotopic (exact) mass is 252 g/mol. The lowest BCUT2D eigenvalue weighted by molar-refractivity contribution is -0.0567. The Balaban J connectivity index is 3.02. The molecule has 0 amide bonds. The lowest BCUT2D eigenvalue weighted by atomic mass is 9.58. The molecule has 4 atom stereocenters. The van der Waals surface area contributed by atoms with Crippen molar-refractivity contribution in [1.29, 1.82) is 0 Å². The van der Waals surface area contributed by atoms with Gasteiger partial charge in [0.2, 0.25) is 0 Å². The van der Waals surface area contributed by atoms with E-state index in [9.17, 15) is 5.11 Å². The van der Waals surface area contributed by atoms with Crippen molar-refractivity contribution in [2.24, 2.45) is 28.6 Å². The highest BCUT2D eigenvalue weighted by atomic mass is 16.3. The van der Waals surface area contributed by atoms with Crippen LogP contribution in [0.5, 0.6) is 0 Å². The Morgan fingerprint density at radius 2 is 1.50 bits per heavy atom. The molecular formula is C17H32O. The molecule has 1 heteroatoms. The van der Waals surface area contributed by atoms with Gasteiger partial charge in [0, 0.05) is 5.92 Å². The Hall–Kier alpha value is -0.300. The van der Waals surface area contributed by atoms with Gasteiger partial charge in [-0.15, -0.1) is 0 Å². The first kappa shape index (κ1) is 15.8. The molecular weight excluding hydrogens is 220 g/mol. The van der Waals surface area contributed by atoms with Crippen LogP contribution in [0.1, 0.15) is 61.3 Å². The summed E-state index contributed by atoms with van der Waals surface area (Å²) < 4.78 is 0. The van der Waals surface area contributed by atoms with Crippen LogP contribution >= 0.6 is 0 Å². The van der Waals surface area contributed by atoms with Gasteiger partial charge in [0.25, 0.3) is 0 Å². The minimum absolute atomic E-state index is 0.164. The van der Waals surface area contributed by atoms with Crippen molar-refractivity contribution >= 4 is 0 Å². The van der Waals surface area contributed by atoms with Gasteiger partial charge in [0.05, 0.1) is 6.10 Å². The van der Waals surface area contributed by atoms with Gasteiger partial charge in [0.1, 0.15) is 0 Å². The minimum atomic E-state index is -0.221. The molecule has 0 aromatic carbocycles. The first-order chi connectivity index (χ1) is 7.94. The van der Waals surface area contributed by atoms with Crippen LogP contribution in [0.15, 0.2) is 12.2 Å². The van der Waals surface area contributed by atoms with Crippen molar-refractivity contribution in [3.05, 3.63) is 12.2 Å². The summed E-state index contributed by atoms with van der Waals surface area (Å²) in [6, 6.07) is 0. The fraction of sp³-hybridized carbons (Fsp3) is 0.882. The Labute approximate surface area is 114 Å². The van der Waals surface area contributed by atoms with E-state index in [1.54, 1.807) is 0 Å². The molecule has 1 aliphatic rings. The highest BCUT2D eigenvalue weighted by Gasteiger charge is 2.45. The summed E-state index contributed by atoms with van der Waals surface area (Å²) >= 11 is 0. The van der Waals surface area contributed by atoms with Gasteiger partial charge in [-0.05, 0) is 42.4 Å². The largest absolute Gasteiger partial charge is 0.392 e. The summed E-state index contributed by atoms with van der Waals surface area (Å²) in [6.07, 6.45) is 2.01. The highest BCUT2D eigenvalue weighted by molar-refractivity contribution is 5.06. The second kappa shape index (κ2) is 5.00. The maximum atomic E-state index is 10.7. The zero-order valence-electron chi connectivity index (χ0n) is 13.4. The van der Waals surface area contributed by atoms with Gasteiger partial charge >= 0.3 is 0 Å². The van der Waals surface area contributed by atoms with Gasteiger partial charge in [-0.25, -0.2) is 0 Å². The van der Waals surface area contributed by atoms with Crippen LogP contribution < -0.4 is 0 Å². The topological polar surface area (TPSA) is 20.2 Å². The molecule has 1 fully saturated rings. The first-order valence-corrected chi connectivity index (χ1v) is 7.28. The summed E-state index contributed by atoms with van der Waals surface area (Å²) in [5, 5.41) is 10.7. The Bertz CT molecular complexity index is 303. The van der Waals surface area contributed by atoms with E-state index in [0.717, 1.165) is 18.4 Å². The van der Waals surface area contributed by atoms with Crippen LogP contribution in [-0.4, -0.2) is 11.2 Å². The second-order valence-corrected chi connectivity index (χ2v) is 8.45. The molecule has 4 unspecified atom stereocenters. The summed E-state index contributed by atoms with van der Waals surface area (Å²) in [5.41, 5.74) is 1.62. The number of hydrogen-bond donors (Lipinski definition) is 1. The third-order valence-corrected chi connectivity index (χ3v) is 4.87. The van der Waals surface area contributed by atoms with Crippen LogP contribution in [0, 0.1) is 28.6 Å².